The smallest absolute Gasteiger partial charge is 0.129 e. The number of rotatable bonds is 3. The van der Waals surface area contributed by atoms with E-state index in [0.29, 0.717) is 11.0 Å². The van der Waals surface area contributed by atoms with Crippen molar-refractivity contribution in [1.82, 2.24) is 4.98 Å². The van der Waals surface area contributed by atoms with Crippen molar-refractivity contribution in [3.05, 3.63) is 23.9 Å². The second kappa shape index (κ2) is 4.14. The predicted octanol–water partition coefficient (Wildman–Crippen LogP) is 1.70. The fourth-order valence-electron chi connectivity index (χ4n) is 1.73. The number of nitrogens with two attached hydrogens (primary N) is 1. The van der Waals surface area contributed by atoms with Crippen LogP contribution in [-0.4, -0.2) is 23.1 Å². The Hall–Kier alpha value is -1.16. The largest absolute Gasteiger partial charge is 0.389 e. The topological polar surface area (TPSA) is 42.1 Å². The molecule has 0 unspecified atom stereocenters. The highest BCUT2D eigenvalue weighted by Crippen LogP contribution is 2.27. The van der Waals surface area contributed by atoms with Gasteiger partial charge < -0.3 is 10.6 Å². The molecule has 0 aromatic carbocycles. The molecule has 2 N–H and O–H groups in total. The minimum absolute atomic E-state index is 0.431. The van der Waals surface area contributed by atoms with Gasteiger partial charge in [-0.25, -0.2) is 4.98 Å². The van der Waals surface area contributed by atoms with Crippen LogP contribution in [0.3, 0.4) is 0 Å². The van der Waals surface area contributed by atoms with Crippen molar-refractivity contribution < 1.29 is 0 Å². The van der Waals surface area contributed by atoms with Gasteiger partial charge in [0, 0.05) is 24.8 Å². The number of anilines is 1. The fraction of sp³-hybridized carbons (Fsp3) is 0.455. The van der Waals surface area contributed by atoms with Gasteiger partial charge in [-0.1, -0.05) is 12.2 Å². The zero-order valence-electron chi connectivity index (χ0n) is 8.81. The van der Waals surface area contributed by atoms with Gasteiger partial charge in [-0.3, -0.25) is 0 Å². The van der Waals surface area contributed by atoms with Gasteiger partial charge in [-0.05, 0) is 31.4 Å². The van der Waals surface area contributed by atoms with Crippen LogP contribution in [0, 0.1) is 0 Å². The number of aromatic nitrogens is 1. The van der Waals surface area contributed by atoms with Gasteiger partial charge in [0.2, 0.25) is 0 Å². The Kier molecular flexibility index (Phi) is 2.86. The van der Waals surface area contributed by atoms with Crippen molar-refractivity contribution in [3.63, 3.8) is 0 Å². The van der Waals surface area contributed by atoms with Crippen molar-refractivity contribution in [3.8, 4) is 0 Å². The van der Waals surface area contributed by atoms with Gasteiger partial charge in [0.15, 0.2) is 0 Å². The highest BCUT2D eigenvalue weighted by Gasteiger charge is 2.22. The Morgan fingerprint density at radius 1 is 1.60 bits per heavy atom. The summed E-state index contributed by atoms with van der Waals surface area (Å²) in [7, 11) is 2.08. The van der Waals surface area contributed by atoms with Crippen LogP contribution in [0.5, 0.6) is 0 Å². The van der Waals surface area contributed by atoms with E-state index in [1.807, 2.05) is 12.1 Å². The zero-order chi connectivity index (χ0) is 10.8. The van der Waals surface area contributed by atoms with Crippen LogP contribution in [0.25, 0.3) is 0 Å². The lowest BCUT2D eigenvalue weighted by atomic mass is 9.92. The molecule has 0 atom stereocenters. The molecule has 0 amide bonds. The summed E-state index contributed by atoms with van der Waals surface area (Å²) in [6.07, 6.45) is 5.61. The number of nitrogens with zero attached hydrogens (tertiary/aromatic N) is 2. The van der Waals surface area contributed by atoms with Gasteiger partial charge in [0.05, 0.1) is 0 Å². The number of hydrogen-bond donors (Lipinski definition) is 1. The molecule has 3 nitrogen and oxygen atoms in total. The lowest BCUT2D eigenvalue weighted by Crippen LogP contribution is -2.37. The molecule has 4 heteroatoms. The SMILES string of the molecule is CN(c1cc(C(N)=S)ccn1)C1CCC1. The van der Waals surface area contributed by atoms with Gasteiger partial charge in [0.25, 0.3) is 0 Å². The second-order valence-electron chi connectivity index (χ2n) is 3.96. The van der Waals surface area contributed by atoms with Crippen LogP contribution in [0.1, 0.15) is 24.8 Å². The standard InChI is InChI=1S/C11H15N3S/c1-14(9-3-2-4-9)10-7-8(11(12)15)5-6-13-10/h5-7,9H,2-4H2,1H3,(H2,12,15). The van der Waals surface area contributed by atoms with Crippen LogP contribution >= 0.6 is 12.2 Å². The summed E-state index contributed by atoms with van der Waals surface area (Å²) in [6, 6.07) is 4.44. The monoisotopic (exact) mass is 221 g/mol. The molecule has 80 valence electrons. The third kappa shape index (κ3) is 2.09. The molecule has 0 bridgehead atoms. The fourth-order valence-corrected chi connectivity index (χ4v) is 1.85. The van der Waals surface area contributed by atoms with E-state index in [2.05, 4.69) is 16.9 Å². The van der Waals surface area contributed by atoms with Gasteiger partial charge in [-0.2, -0.15) is 0 Å². The highest BCUT2D eigenvalue weighted by molar-refractivity contribution is 7.80. The Labute approximate surface area is 95.3 Å². The molecule has 1 heterocycles. The van der Waals surface area contributed by atoms with E-state index in [-0.39, 0.29) is 0 Å². The van der Waals surface area contributed by atoms with Crippen LogP contribution in [0.4, 0.5) is 5.82 Å². The van der Waals surface area contributed by atoms with Crippen molar-refractivity contribution in [2.75, 3.05) is 11.9 Å². The van der Waals surface area contributed by atoms with Crippen molar-refractivity contribution in [2.24, 2.45) is 5.73 Å². The first-order valence-corrected chi connectivity index (χ1v) is 5.58. The molecular formula is C11H15N3S. The first kappa shape index (κ1) is 10.4. The third-order valence-electron chi connectivity index (χ3n) is 3.01. The quantitative estimate of drug-likeness (QED) is 0.789. The lowest BCUT2D eigenvalue weighted by molar-refractivity contribution is 0.399. The van der Waals surface area contributed by atoms with E-state index in [4.69, 9.17) is 18.0 Å². The number of pyridine rings is 1. The summed E-state index contributed by atoms with van der Waals surface area (Å²) >= 11 is 4.95. The molecule has 0 radical (unpaired) electrons. The molecule has 1 aliphatic carbocycles. The minimum Gasteiger partial charge on any atom is -0.389 e. The summed E-state index contributed by atoms with van der Waals surface area (Å²) in [5, 5.41) is 0. The molecule has 0 saturated heterocycles. The first-order chi connectivity index (χ1) is 7.18. The Bertz CT molecular complexity index is 374. The maximum atomic E-state index is 5.59. The molecule has 1 fully saturated rings. The predicted molar refractivity (Wildman–Crippen MR) is 66.2 cm³/mol. The van der Waals surface area contributed by atoms with E-state index in [0.717, 1.165) is 11.4 Å². The van der Waals surface area contributed by atoms with E-state index < -0.39 is 0 Å². The zero-order valence-corrected chi connectivity index (χ0v) is 9.63. The first-order valence-electron chi connectivity index (χ1n) is 5.17. The summed E-state index contributed by atoms with van der Waals surface area (Å²) < 4.78 is 0. The number of hydrogen-bond acceptors (Lipinski definition) is 3. The molecule has 2 rings (SSSR count). The Morgan fingerprint density at radius 2 is 2.33 bits per heavy atom. The summed E-state index contributed by atoms with van der Waals surface area (Å²) in [5.41, 5.74) is 6.48. The maximum Gasteiger partial charge on any atom is 0.129 e. The third-order valence-corrected chi connectivity index (χ3v) is 3.25. The van der Waals surface area contributed by atoms with E-state index >= 15 is 0 Å². The molecular weight excluding hydrogens is 206 g/mol. The van der Waals surface area contributed by atoms with Gasteiger partial charge in [-0.15, -0.1) is 0 Å². The lowest BCUT2D eigenvalue weighted by Gasteiger charge is -2.35. The van der Waals surface area contributed by atoms with Crippen molar-refractivity contribution >= 4 is 23.0 Å². The van der Waals surface area contributed by atoms with E-state index in [1.165, 1.54) is 19.3 Å². The average molecular weight is 221 g/mol. The Balaban J connectivity index is 2.19. The van der Waals surface area contributed by atoms with Crippen molar-refractivity contribution in [1.29, 1.82) is 0 Å². The highest BCUT2D eigenvalue weighted by atomic mass is 32.1. The molecule has 1 aromatic rings. The molecule has 1 aliphatic rings. The number of thiocarbonyl (C=S) groups is 1. The molecule has 0 spiro atoms. The van der Waals surface area contributed by atoms with E-state index in [9.17, 15) is 0 Å². The summed E-state index contributed by atoms with van der Waals surface area (Å²) in [6.45, 7) is 0. The van der Waals surface area contributed by atoms with Crippen LogP contribution in [0.15, 0.2) is 18.3 Å². The normalized spacial score (nSPS) is 15.8. The minimum atomic E-state index is 0.431. The maximum absolute atomic E-state index is 5.59. The molecule has 0 aliphatic heterocycles. The molecule has 15 heavy (non-hydrogen) atoms. The van der Waals surface area contributed by atoms with E-state index in [1.54, 1.807) is 6.20 Å². The molecule has 1 aromatic heterocycles. The van der Waals surface area contributed by atoms with Gasteiger partial charge >= 0.3 is 0 Å². The van der Waals surface area contributed by atoms with Crippen molar-refractivity contribution in [2.45, 2.75) is 25.3 Å². The van der Waals surface area contributed by atoms with Gasteiger partial charge in [0.1, 0.15) is 10.8 Å². The summed E-state index contributed by atoms with van der Waals surface area (Å²) in [4.78, 5) is 6.98. The Morgan fingerprint density at radius 3 is 2.87 bits per heavy atom. The summed E-state index contributed by atoms with van der Waals surface area (Å²) in [5.74, 6) is 0.963. The van der Waals surface area contributed by atoms with Crippen LogP contribution in [0.2, 0.25) is 0 Å². The van der Waals surface area contributed by atoms with Crippen LogP contribution < -0.4 is 10.6 Å². The molecule has 1 saturated carbocycles. The van der Waals surface area contributed by atoms with Crippen LogP contribution in [-0.2, 0) is 0 Å². The second-order valence-corrected chi connectivity index (χ2v) is 4.40. The average Bonchev–Trinajstić information content (AvgIpc) is 2.15.